The molecule has 0 radical (unpaired) electrons. The van der Waals surface area contributed by atoms with E-state index < -0.39 is 5.97 Å². The van der Waals surface area contributed by atoms with E-state index >= 15 is 0 Å². The maximum Gasteiger partial charge on any atom is 0.378 e. The second-order valence-electron chi connectivity index (χ2n) is 2.44. The molecule has 0 N–H and O–H groups in total. The predicted molar refractivity (Wildman–Crippen MR) is 49.4 cm³/mol. The number of hydrogen-bond acceptors (Lipinski definition) is 6. The molecule has 2 aromatic heterocycles. The van der Waals surface area contributed by atoms with E-state index in [2.05, 4.69) is 32.4 Å². The molecule has 0 aliphatic rings. The Morgan fingerprint density at radius 2 is 2.43 bits per heavy atom. The molecule has 2 rings (SSSR count). The van der Waals surface area contributed by atoms with Crippen molar-refractivity contribution in [1.29, 1.82) is 0 Å². The van der Waals surface area contributed by atoms with Gasteiger partial charge in [0.05, 0.1) is 7.11 Å². The van der Waals surface area contributed by atoms with Crippen molar-refractivity contribution in [3.05, 3.63) is 18.1 Å². The summed E-state index contributed by atoms with van der Waals surface area (Å²) in [7, 11) is 1.27. The quantitative estimate of drug-likeness (QED) is 0.413. The lowest BCUT2D eigenvalue weighted by atomic mass is 10.6. The van der Waals surface area contributed by atoms with Crippen molar-refractivity contribution in [2.45, 2.75) is 5.03 Å². The highest BCUT2D eigenvalue weighted by Crippen LogP contribution is 2.06. The molecule has 14 heavy (non-hydrogen) atoms. The molecule has 0 saturated heterocycles. The number of fused-ring (bicyclic) bond motifs is 1. The summed E-state index contributed by atoms with van der Waals surface area (Å²) in [6.07, 6.45) is 1.54. The fourth-order valence-corrected chi connectivity index (χ4v) is 1.16. The number of rotatable bonds is 1. The molecule has 0 spiro atoms. The Kier molecular flexibility index (Phi) is 2.08. The summed E-state index contributed by atoms with van der Waals surface area (Å²) in [6, 6.07) is 1.64. The first-order valence-corrected chi connectivity index (χ1v) is 4.16. The number of esters is 1. The van der Waals surface area contributed by atoms with Crippen molar-refractivity contribution in [1.82, 2.24) is 19.6 Å². The third-order valence-electron chi connectivity index (χ3n) is 1.59. The summed E-state index contributed by atoms with van der Waals surface area (Å²) in [5.74, 6) is -0.303. The largest absolute Gasteiger partial charge is 0.463 e. The molecule has 72 valence electrons. The maximum atomic E-state index is 11.1. The molecule has 0 bridgehead atoms. The first kappa shape index (κ1) is 8.95. The zero-order valence-electron chi connectivity index (χ0n) is 7.21. The Labute approximate surface area is 84.3 Å². The number of hydrogen-bond donors (Lipinski definition) is 1. The predicted octanol–water partition coefficient (Wildman–Crippen LogP) is 0.200. The molecule has 0 amide bonds. The van der Waals surface area contributed by atoms with Gasteiger partial charge in [0.1, 0.15) is 5.03 Å². The highest BCUT2D eigenvalue weighted by Gasteiger charge is 2.14. The summed E-state index contributed by atoms with van der Waals surface area (Å²) < 4.78 is 5.83. The minimum absolute atomic E-state index is 0.0264. The fraction of sp³-hybridized carbons (Fsp3) is 0.143. The number of nitrogens with zero attached hydrogens (tertiary/aromatic N) is 4. The maximum absolute atomic E-state index is 11.1. The summed E-state index contributed by atoms with van der Waals surface area (Å²) >= 11 is 4.13. The Bertz CT molecular complexity index is 495. The van der Waals surface area contributed by atoms with E-state index in [1.165, 1.54) is 17.8 Å². The van der Waals surface area contributed by atoms with Gasteiger partial charge < -0.3 is 4.74 Å². The van der Waals surface area contributed by atoms with Crippen LogP contribution in [0.2, 0.25) is 0 Å². The van der Waals surface area contributed by atoms with E-state index in [0.717, 1.165) is 0 Å². The summed E-state index contributed by atoms with van der Waals surface area (Å²) in [6.45, 7) is 0. The van der Waals surface area contributed by atoms with E-state index in [4.69, 9.17) is 0 Å². The van der Waals surface area contributed by atoms with Gasteiger partial charge in [0.15, 0.2) is 0 Å². The molecule has 6 nitrogen and oxygen atoms in total. The standard InChI is InChI=1S/C7H6N4O2S/c1-13-6(12)5-9-7-8-3-2-4(14)11(7)10-5/h2-3,14H,1H3. The van der Waals surface area contributed by atoms with Crippen molar-refractivity contribution >= 4 is 24.4 Å². The Balaban J connectivity index is 2.62. The van der Waals surface area contributed by atoms with Crippen molar-refractivity contribution in [2.24, 2.45) is 0 Å². The van der Waals surface area contributed by atoms with Gasteiger partial charge in [-0.3, -0.25) is 0 Å². The topological polar surface area (TPSA) is 69.4 Å². The van der Waals surface area contributed by atoms with Gasteiger partial charge in [-0.2, -0.15) is 9.50 Å². The SMILES string of the molecule is COC(=O)c1nc2nccc(S)n2n1. The van der Waals surface area contributed by atoms with Crippen LogP contribution in [0.25, 0.3) is 5.78 Å². The number of carbonyl (C=O) groups excluding carboxylic acids is 1. The van der Waals surface area contributed by atoms with Crippen LogP contribution >= 0.6 is 12.6 Å². The van der Waals surface area contributed by atoms with Crippen LogP contribution in [0.15, 0.2) is 17.3 Å². The number of methoxy groups -OCH3 is 1. The van der Waals surface area contributed by atoms with Crippen molar-refractivity contribution in [3.8, 4) is 0 Å². The average molecular weight is 210 g/mol. The molecule has 0 saturated carbocycles. The lowest BCUT2D eigenvalue weighted by Gasteiger charge is -1.92. The first-order chi connectivity index (χ1) is 6.72. The van der Waals surface area contributed by atoms with Gasteiger partial charge in [-0.1, -0.05) is 0 Å². The molecular formula is C7H6N4O2S. The van der Waals surface area contributed by atoms with E-state index in [1.807, 2.05) is 0 Å². The molecule has 2 aromatic rings. The molecule has 2 heterocycles. The Hall–Kier alpha value is -1.63. The monoisotopic (exact) mass is 210 g/mol. The lowest BCUT2D eigenvalue weighted by Crippen LogP contribution is -2.03. The first-order valence-electron chi connectivity index (χ1n) is 3.71. The molecule has 0 unspecified atom stereocenters. The van der Waals surface area contributed by atoms with E-state index in [1.54, 1.807) is 6.07 Å². The van der Waals surface area contributed by atoms with Crippen LogP contribution in [-0.2, 0) is 4.74 Å². The Morgan fingerprint density at radius 1 is 1.64 bits per heavy atom. The highest BCUT2D eigenvalue weighted by atomic mass is 32.1. The Morgan fingerprint density at radius 3 is 3.07 bits per heavy atom. The molecule has 0 fully saturated rings. The fourth-order valence-electron chi connectivity index (χ4n) is 0.960. The van der Waals surface area contributed by atoms with Gasteiger partial charge in [-0.25, -0.2) is 9.78 Å². The van der Waals surface area contributed by atoms with Crippen LogP contribution in [0.3, 0.4) is 0 Å². The van der Waals surface area contributed by atoms with Crippen LogP contribution in [0.4, 0.5) is 0 Å². The third kappa shape index (κ3) is 1.31. The van der Waals surface area contributed by atoms with Crippen LogP contribution in [0.5, 0.6) is 0 Å². The summed E-state index contributed by atoms with van der Waals surface area (Å²) in [5.41, 5.74) is 0. The lowest BCUT2D eigenvalue weighted by molar-refractivity contribution is 0.0587. The zero-order valence-corrected chi connectivity index (χ0v) is 8.10. The summed E-state index contributed by atoms with van der Waals surface area (Å²) in [4.78, 5) is 18.9. The van der Waals surface area contributed by atoms with Crippen LogP contribution in [0.1, 0.15) is 10.6 Å². The number of carbonyl (C=O) groups is 1. The van der Waals surface area contributed by atoms with Crippen molar-refractivity contribution in [3.63, 3.8) is 0 Å². The average Bonchev–Trinajstić information content (AvgIpc) is 2.62. The van der Waals surface area contributed by atoms with E-state index in [9.17, 15) is 4.79 Å². The summed E-state index contributed by atoms with van der Waals surface area (Å²) in [5, 5.41) is 4.43. The minimum Gasteiger partial charge on any atom is -0.463 e. The van der Waals surface area contributed by atoms with Gasteiger partial charge in [0.2, 0.25) is 0 Å². The smallest absolute Gasteiger partial charge is 0.378 e. The number of aromatic nitrogens is 4. The van der Waals surface area contributed by atoms with Gasteiger partial charge in [0, 0.05) is 6.20 Å². The number of ether oxygens (including phenoxy) is 1. The van der Waals surface area contributed by atoms with Gasteiger partial charge in [-0.15, -0.1) is 17.7 Å². The van der Waals surface area contributed by atoms with E-state index in [-0.39, 0.29) is 5.82 Å². The van der Waals surface area contributed by atoms with E-state index in [0.29, 0.717) is 10.8 Å². The highest BCUT2D eigenvalue weighted by molar-refractivity contribution is 7.80. The molecule has 0 atom stereocenters. The van der Waals surface area contributed by atoms with Crippen LogP contribution < -0.4 is 0 Å². The molecule has 0 aliphatic heterocycles. The number of thiol groups is 1. The normalized spacial score (nSPS) is 10.4. The van der Waals surface area contributed by atoms with Gasteiger partial charge in [-0.05, 0) is 6.07 Å². The molecular weight excluding hydrogens is 204 g/mol. The minimum atomic E-state index is -0.594. The van der Waals surface area contributed by atoms with Crippen molar-refractivity contribution in [2.75, 3.05) is 7.11 Å². The third-order valence-corrected chi connectivity index (χ3v) is 1.93. The van der Waals surface area contributed by atoms with Crippen molar-refractivity contribution < 1.29 is 9.53 Å². The van der Waals surface area contributed by atoms with Gasteiger partial charge >= 0.3 is 5.97 Å². The second kappa shape index (κ2) is 3.26. The molecule has 0 aliphatic carbocycles. The van der Waals surface area contributed by atoms with Crippen LogP contribution in [0, 0.1) is 0 Å². The second-order valence-corrected chi connectivity index (χ2v) is 2.90. The van der Waals surface area contributed by atoms with Crippen LogP contribution in [-0.4, -0.2) is 32.7 Å². The molecule has 0 aromatic carbocycles. The molecule has 7 heteroatoms. The zero-order chi connectivity index (χ0) is 10.1. The van der Waals surface area contributed by atoms with Gasteiger partial charge in [0.25, 0.3) is 11.6 Å².